The summed E-state index contributed by atoms with van der Waals surface area (Å²) in [5.74, 6) is 0.638. The van der Waals surface area contributed by atoms with Crippen LogP contribution < -0.4 is 10.3 Å². The number of hydrogen-bond donors (Lipinski definition) is 1. The van der Waals surface area contributed by atoms with Gasteiger partial charge < -0.3 is 14.5 Å². The first kappa shape index (κ1) is 19.8. The Bertz CT molecular complexity index is 1350. The van der Waals surface area contributed by atoms with E-state index in [1.165, 1.54) is 0 Å². The zero-order valence-electron chi connectivity index (χ0n) is 18.2. The van der Waals surface area contributed by atoms with Gasteiger partial charge in [0.05, 0.1) is 41.4 Å². The quantitative estimate of drug-likeness (QED) is 0.534. The summed E-state index contributed by atoms with van der Waals surface area (Å²) in [6.45, 7) is 9.39. The molecule has 0 saturated carbocycles. The van der Waals surface area contributed by atoms with Gasteiger partial charge in [-0.3, -0.25) is 9.48 Å². The van der Waals surface area contributed by atoms with Crippen molar-refractivity contribution in [1.29, 1.82) is 0 Å². The zero-order valence-corrected chi connectivity index (χ0v) is 18.2. The molecule has 1 N–H and O–H groups in total. The second kappa shape index (κ2) is 7.50. The van der Waals surface area contributed by atoms with Crippen LogP contribution in [0.4, 0.5) is 0 Å². The molecule has 160 valence electrons. The minimum Gasteiger partial charge on any atom is -0.475 e. The second-order valence-corrected chi connectivity index (χ2v) is 8.50. The SMILES string of the molecule is Cc1cnc(OC(C)C)c(C)c1-c1ccc2c(c1)[nH]c(=O)c1cnn([C@H]3CCOC3)c12. The summed E-state index contributed by atoms with van der Waals surface area (Å²) in [6, 6.07) is 6.35. The van der Waals surface area contributed by atoms with Crippen molar-refractivity contribution in [1.82, 2.24) is 19.7 Å². The van der Waals surface area contributed by atoms with Crippen molar-refractivity contribution in [3.63, 3.8) is 0 Å². The second-order valence-electron chi connectivity index (χ2n) is 8.50. The highest BCUT2D eigenvalue weighted by Gasteiger charge is 2.23. The lowest BCUT2D eigenvalue weighted by Crippen LogP contribution is -2.12. The van der Waals surface area contributed by atoms with Crippen LogP contribution in [-0.2, 0) is 4.74 Å². The Hall–Kier alpha value is -3.19. The average Bonchev–Trinajstić information content (AvgIpc) is 3.40. The third-order valence-electron chi connectivity index (χ3n) is 5.92. The Morgan fingerprint density at radius 1 is 1.23 bits per heavy atom. The first-order valence-corrected chi connectivity index (χ1v) is 10.7. The standard InChI is InChI=1S/C24H26N4O3/c1-13(2)31-24-15(4)21(14(3)10-25-24)16-5-6-18-20(9-16)27-23(29)19-11-26-28(22(18)19)17-7-8-30-12-17/h5-6,9-11,13,17H,7-8,12H2,1-4H3,(H,27,29)/t17-/m0/s1. The Morgan fingerprint density at radius 3 is 2.81 bits per heavy atom. The highest BCUT2D eigenvalue weighted by molar-refractivity contribution is 6.04. The van der Waals surface area contributed by atoms with Crippen LogP contribution in [0.5, 0.6) is 5.88 Å². The summed E-state index contributed by atoms with van der Waals surface area (Å²) < 4.78 is 13.4. The molecular weight excluding hydrogens is 392 g/mol. The summed E-state index contributed by atoms with van der Waals surface area (Å²) in [4.78, 5) is 20.3. The number of nitrogens with one attached hydrogen (secondary N) is 1. The fourth-order valence-electron chi connectivity index (χ4n) is 4.49. The maximum absolute atomic E-state index is 12.8. The number of hydrogen-bond acceptors (Lipinski definition) is 5. The number of H-pyrrole nitrogens is 1. The molecule has 0 aliphatic carbocycles. The summed E-state index contributed by atoms with van der Waals surface area (Å²) in [5.41, 5.74) is 5.67. The van der Waals surface area contributed by atoms with Crippen LogP contribution in [0, 0.1) is 13.8 Å². The zero-order chi connectivity index (χ0) is 21.7. The van der Waals surface area contributed by atoms with E-state index in [4.69, 9.17) is 9.47 Å². The van der Waals surface area contributed by atoms with Crippen LogP contribution in [0.1, 0.15) is 37.4 Å². The van der Waals surface area contributed by atoms with E-state index in [0.717, 1.165) is 51.7 Å². The van der Waals surface area contributed by atoms with Gasteiger partial charge >= 0.3 is 0 Å². The molecule has 0 radical (unpaired) electrons. The molecule has 4 aromatic rings. The highest BCUT2D eigenvalue weighted by atomic mass is 16.5. The van der Waals surface area contributed by atoms with Crippen LogP contribution in [0.2, 0.25) is 0 Å². The summed E-state index contributed by atoms with van der Waals surface area (Å²) in [5, 5.41) is 6.11. The molecule has 0 spiro atoms. The van der Waals surface area contributed by atoms with E-state index < -0.39 is 0 Å². The average molecular weight is 418 g/mol. The number of aryl methyl sites for hydroxylation is 1. The van der Waals surface area contributed by atoms with E-state index in [-0.39, 0.29) is 17.7 Å². The maximum Gasteiger partial charge on any atom is 0.259 e. The molecule has 4 heterocycles. The van der Waals surface area contributed by atoms with Crippen molar-refractivity contribution in [3.05, 3.63) is 52.1 Å². The summed E-state index contributed by atoms with van der Waals surface area (Å²) in [6.07, 6.45) is 4.44. The number of aromatic amines is 1. The highest BCUT2D eigenvalue weighted by Crippen LogP contribution is 2.35. The monoisotopic (exact) mass is 418 g/mol. The largest absolute Gasteiger partial charge is 0.475 e. The van der Waals surface area contributed by atoms with Crippen molar-refractivity contribution < 1.29 is 9.47 Å². The van der Waals surface area contributed by atoms with Crippen molar-refractivity contribution in [2.24, 2.45) is 0 Å². The first-order chi connectivity index (χ1) is 14.9. The van der Waals surface area contributed by atoms with Gasteiger partial charge in [-0.1, -0.05) is 12.1 Å². The lowest BCUT2D eigenvalue weighted by atomic mass is 9.96. The summed E-state index contributed by atoms with van der Waals surface area (Å²) >= 11 is 0. The molecule has 5 rings (SSSR count). The van der Waals surface area contributed by atoms with E-state index in [9.17, 15) is 4.79 Å². The number of fused-ring (bicyclic) bond motifs is 3. The molecule has 1 fully saturated rings. The molecule has 7 nitrogen and oxygen atoms in total. The van der Waals surface area contributed by atoms with E-state index in [0.29, 0.717) is 17.9 Å². The molecule has 1 saturated heterocycles. The van der Waals surface area contributed by atoms with Gasteiger partial charge in [-0.2, -0.15) is 5.10 Å². The van der Waals surface area contributed by atoms with E-state index in [1.54, 1.807) is 6.20 Å². The predicted molar refractivity (Wildman–Crippen MR) is 121 cm³/mol. The molecule has 0 amide bonds. The van der Waals surface area contributed by atoms with Crippen molar-refractivity contribution >= 4 is 21.8 Å². The Morgan fingerprint density at radius 2 is 2.06 bits per heavy atom. The molecule has 0 unspecified atom stereocenters. The lowest BCUT2D eigenvalue weighted by molar-refractivity contribution is 0.185. The van der Waals surface area contributed by atoms with Gasteiger partial charge in [0, 0.05) is 23.8 Å². The number of benzene rings is 1. The smallest absolute Gasteiger partial charge is 0.259 e. The van der Waals surface area contributed by atoms with Crippen molar-refractivity contribution in [2.75, 3.05) is 13.2 Å². The maximum atomic E-state index is 12.8. The van der Waals surface area contributed by atoms with Crippen molar-refractivity contribution in [3.8, 4) is 17.0 Å². The topological polar surface area (TPSA) is 82.0 Å². The molecule has 0 bridgehead atoms. The molecule has 31 heavy (non-hydrogen) atoms. The number of pyridine rings is 2. The number of rotatable bonds is 4. The summed E-state index contributed by atoms with van der Waals surface area (Å²) in [7, 11) is 0. The van der Waals surface area contributed by atoms with Crippen LogP contribution in [-0.4, -0.2) is 39.1 Å². The first-order valence-electron chi connectivity index (χ1n) is 10.7. The van der Waals surface area contributed by atoms with Crippen LogP contribution in [0.3, 0.4) is 0 Å². The van der Waals surface area contributed by atoms with Gasteiger partial charge in [-0.25, -0.2) is 4.98 Å². The van der Waals surface area contributed by atoms with Gasteiger partial charge in [0.2, 0.25) is 5.88 Å². The number of aromatic nitrogens is 4. The third kappa shape index (κ3) is 3.29. The molecule has 1 atom stereocenters. The van der Waals surface area contributed by atoms with E-state index in [2.05, 4.69) is 27.2 Å². The normalized spacial score (nSPS) is 16.6. The van der Waals surface area contributed by atoms with Crippen LogP contribution >= 0.6 is 0 Å². The van der Waals surface area contributed by atoms with E-state index >= 15 is 0 Å². The van der Waals surface area contributed by atoms with Gasteiger partial charge in [-0.05, 0) is 56.9 Å². The van der Waals surface area contributed by atoms with Crippen LogP contribution in [0.25, 0.3) is 32.9 Å². The van der Waals surface area contributed by atoms with Crippen molar-refractivity contribution in [2.45, 2.75) is 46.3 Å². The van der Waals surface area contributed by atoms with E-state index in [1.807, 2.05) is 44.6 Å². The Balaban J connectivity index is 1.71. The Labute approximate surface area is 180 Å². The minimum atomic E-state index is -0.128. The van der Waals surface area contributed by atoms with Gasteiger partial charge in [-0.15, -0.1) is 0 Å². The molecule has 1 aromatic carbocycles. The molecule has 1 aliphatic heterocycles. The number of nitrogens with zero attached hydrogens (tertiary/aromatic N) is 3. The fraction of sp³-hybridized carbons (Fsp3) is 0.375. The third-order valence-corrected chi connectivity index (χ3v) is 5.92. The number of ether oxygens (including phenoxy) is 2. The predicted octanol–water partition coefficient (Wildman–Crippen LogP) is 4.31. The molecule has 7 heteroatoms. The lowest BCUT2D eigenvalue weighted by Gasteiger charge is -2.17. The molecule has 1 aliphatic rings. The van der Waals surface area contributed by atoms with Crippen LogP contribution in [0.15, 0.2) is 35.4 Å². The fourth-order valence-corrected chi connectivity index (χ4v) is 4.49. The van der Waals surface area contributed by atoms with Gasteiger partial charge in [0.1, 0.15) is 0 Å². The minimum absolute atomic E-state index is 0.0443. The molecule has 3 aromatic heterocycles. The van der Waals surface area contributed by atoms with Gasteiger partial charge in [0.15, 0.2) is 0 Å². The molecular formula is C24H26N4O3. The van der Waals surface area contributed by atoms with Gasteiger partial charge in [0.25, 0.3) is 5.56 Å². The Kier molecular flexibility index (Phi) is 4.78.